The average molecular weight is 398 g/mol. The fourth-order valence-electron chi connectivity index (χ4n) is 3.76. The molecule has 1 saturated heterocycles. The van der Waals surface area contributed by atoms with Crippen molar-refractivity contribution in [1.29, 1.82) is 10.7 Å². The number of nitriles is 1. The third-order valence-corrected chi connectivity index (χ3v) is 5.52. The third-order valence-electron chi connectivity index (χ3n) is 5.52. The lowest BCUT2D eigenvalue weighted by Gasteiger charge is -2.35. The van der Waals surface area contributed by atoms with Gasteiger partial charge in [0.1, 0.15) is 5.75 Å². The van der Waals surface area contributed by atoms with E-state index in [0.717, 1.165) is 21.9 Å². The Bertz CT molecular complexity index is 1210. The zero-order valence-corrected chi connectivity index (χ0v) is 16.9. The van der Waals surface area contributed by atoms with Gasteiger partial charge in [0.25, 0.3) is 5.91 Å². The van der Waals surface area contributed by atoms with Gasteiger partial charge in [-0.3, -0.25) is 4.79 Å². The second kappa shape index (κ2) is 7.88. The molecule has 1 aliphatic rings. The Morgan fingerprint density at radius 1 is 1.23 bits per heavy atom. The summed E-state index contributed by atoms with van der Waals surface area (Å²) in [4.78, 5) is 17.6. The summed E-state index contributed by atoms with van der Waals surface area (Å²) < 4.78 is 6.23. The molecule has 150 valence electrons. The molecule has 2 heterocycles. The number of aromatic amines is 1. The van der Waals surface area contributed by atoms with E-state index in [4.69, 9.17) is 15.4 Å². The summed E-state index contributed by atoms with van der Waals surface area (Å²) in [5.41, 5.74) is 3.12. The average Bonchev–Trinajstić information content (AvgIpc) is 3.09. The minimum absolute atomic E-state index is 0.0841. The Labute approximate surface area is 174 Å². The van der Waals surface area contributed by atoms with E-state index < -0.39 is 0 Å². The van der Waals surface area contributed by atoms with Crippen LogP contribution in [0.3, 0.4) is 0 Å². The summed E-state index contributed by atoms with van der Waals surface area (Å²) in [7, 11) is 0. The van der Waals surface area contributed by atoms with Crippen LogP contribution in [0.15, 0.2) is 48.7 Å². The van der Waals surface area contributed by atoms with Crippen LogP contribution in [0.1, 0.15) is 27.2 Å². The molecule has 0 saturated carbocycles. The van der Waals surface area contributed by atoms with Crippen molar-refractivity contribution in [3.8, 4) is 11.8 Å². The number of benzene rings is 2. The van der Waals surface area contributed by atoms with Crippen LogP contribution < -0.4 is 4.74 Å². The molecule has 0 unspecified atom stereocenters. The van der Waals surface area contributed by atoms with E-state index in [1.54, 1.807) is 17.2 Å². The van der Waals surface area contributed by atoms with Crippen LogP contribution in [0.25, 0.3) is 16.5 Å². The van der Waals surface area contributed by atoms with E-state index in [9.17, 15) is 4.79 Å². The molecule has 30 heavy (non-hydrogen) atoms. The van der Waals surface area contributed by atoms with E-state index >= 15 is 0 Å². The minimum atomic E-state index is -0.100. The van der Waals surface area contributed by atoms with Crippen molar-refractivity contribution in [3.63, 3.8) is 0 Å². The Balaban J connectivity index is 1.66. The predicted octanol–water partition coefficient (Wildman–Crippen LogP) is 4.45. The molecule has 6 nitrogen and oxygen atoms in total. The number of rotatable bonds is 5. The van der Waals surface area contributed by atoms with Crippen LogP contribution in [0, 0.1) is 36.5 Å². The first-order valence-electron chi connectivity index (χ1n) is 9.77. The number of nitrogens with one attached hydrogen (secondary N) is 2. The predicted molar refractivity (Wildman–Crippen MR) is 117 cm³/mol. The van der Waals surface area contributed by atoms with E-state index in [2.05, 4.69) is 30.1 Å². The van der Waals surface area contributed by atoms with Crippen LogP contribution in [-0.2, 0) is 0 Å². The number of likely N-dealkylation sites (tertiary alicyclic amines) is 1. The van der Waals surface area contributed by atoms with Gasteiger partial charge >= 0.3 is 0 Å². The molecule has 3 aromatic rings. The van der Waals surface area contributed by atoms with Gasteiger partial charge in [-0.25, -0.2) is 0 Å². The van der Waals surface area contributed by atoms with Gasteiger partial charge in [-0.1, -0.05) is 30.3 Å². The molecule has 2 aromatic carbocycles. The van der Waals surface area contributed by atoms with Crippen molar-refractivity contribution in [2.45, 2.75) is 13.8 Å². The van der Waals surface area contributed by atoms with Crippen LogP contribution in [0.2, 0.25) is 0 Å². The SMILES string of the molecule is Cc1c(C(=O)N2CC(C#N)C2)c[nH]c1/C(=C\C=N)Oc1cccc2c(C)cccc12. The van der Waals surface area contributed by atoms with Crippen LogP contribution in [-0.4, -0.2) is 35.1 Å². The van der Waals surface area contributed by atoms with Gasteiger partial charge in [0.2, 0.25) is 0 Å². The zero-order chi connectivity index (χ0) is 21.3. The molecule has 0 atom stereocenters. The van der Waals surface area contributed by atoms with Gasteiger partial charge in [0, 0.05) is 37.0 Å². The first-order valence-corrected chi connectivity index (χ1v) is 9.77. The highest BCUT2D eigenvalue weighted by Crippen LogP contribution is 2.32. The van der Waals surface area contributed by atoms with Crippen molar-refractivity contribution >= 4 is 28.7 Å². The molecule has 0 bridgehead atoms. The van der Waals surface area contributed by atoms with Crippen molar-refractivity contribution in [2.75, 3.05) is 13.1 Å². The van der Waals surface area contributed by atoms with E-state index in [-0.39, 0.29) is 11.8 Å². The highest BCUT2D eigenvalue weighted by atomic mass is 16.5. The highest BCUT2D eigenvalue weighted by Gasteiger charge is 2.32. The van der Waals surface area contributed by atoms with Crippen LogP contribution in [0.5, 0.6) is 5.75 Å². The van der Waals surface area contributed by atoms with Crippen molar-refractivity contribution < 1.29 is 9.53 Å². The summed E-state index contributed by atoms with van der Waals surface area (Å²) in [6.07, 6.45) is 4.40. The smallest absolute Gasteiger partial charge is 0.255 e. The molecule has 0 radical (unpaired) electrons. The van der Waals surface area contributed by atoms with Crippen molar-refractivity contribution in [3.05, 3.63) is 71.1 Å². The van der Waals surface area contributed by atoms with Gasteiger partial charge < -0.3 is 20.0 Å². The van der Waals surface area contributed by atoms with Gasteiger partial charge in [0.15, 0.2) is 5.76 Å². The molecule has 4 rings (SSSR count). The van der Waals surface area contributed by atoms with Gasteiger partial charge in [-0.05, 0) is 36.4 Å². The molecule has 1 fully saturated rings. The third kappa shape index (κ3) is 3.35. The van der Waals surface area contributed by atoms with Gasteiger partial charge in [-0.2, -0.15) is 5.26 Å². The second-order valence-electron chi connectivity index (χ2n) is 7.46. The maximum Gasteiger partial charge on any atom is 0.255 e. The fraction of sp³-hybridized carbons (Fsp3) is 0.208. The second-order valence-corrected chi connectivity index (χ2v) is 7.46. The maximum absolute atomic E-state index is 12.8. The fourth-order valence-corrected chi connectivity index (χ4v) is 3.76. The zero-order valence-electron chi connectivity index (χ0n) is 16.9. The largest absolute Gasteiger partial charge is 0.454 e. The number of allylic oxidation sites excluding steroid dienone is 1. The maximum atomic E-state index is 12.8. The number of aromatic nitrogens is 1. The summed E-state index contributed by atoms with van der Waals surface area (Å²) in [6, 6.07) is 14.1. The Morgan fingerprint density at radius 2 is 1.97 bits per heavy atom. The highest BCUT2D eigenvalue weighted by molar-refractivity contribution is 5.98. The molecular weight excluding hydrogens is 376 g/mol. The summed E-state index contributed by atoms with van der Waals surface area (Å²) >= 11 is 0. The van der Waals surface area contributed by atoms with Crippen molar-refractivity contribution in [1.82, 2.24) is 9.88 Å². The minimum Gasteiger partial charge on any atom is -0.454 e. The van der Waals surface area contributed by atoms with Crippen molar-refractivity contribution in [2.24, 2.45) is 5.92 Å². The number of aryl methyl sites for hydroxylation is 1. The lowest BCUT2D eigenvalue weighted by Crippen LogP contribution is -2.49. The topological polar surface area (TPSA) is 93.0 Å². The lowest BCUT2D eigenvalue weighted by molar-refractivity contribution is 0.0577. The number of nitrogens with zero attached hydrogens (tertiary/aromatic N) is 2. The number of amides is 1. The summed E-state index contributed by atoms with van der Waals surface area (Å²) in [5, 5.41) is 18.6. The van der Waals surface area contributed by atoms with Crippen LogP contribution in [0.4, 0.5) is 0 Å². The number of fused-ring (bicyclic) bond motifs is 1. The van der Waals surface area contributed by atoms with Crippen LogP contribution >= 0.6 is 0 Å². The molecule has 0 aliphatic carbocycles. The number of hydrogen-bond donors (Lipinski definition) is 2. The number of carbonyl (C=O) groups excluding carboxylic acids is 1. The Hall–Kier alpha value is -3.85. The molecule has 6 heteroatoms. The number of H-pyrrole nitrogens is 1. The molecule has 1 amide bonds. The van der Waals surface area contributed by atoms with E-state index in [1.807, 2.05) is 31.2 Å². The lowest BCUT2D eigenvalue weighted by atomic mass is 10.00. The molecule has 1 aliphatic heterocycles. The quantitative estimate of drug-likeness (QED) is 0.491. The number of ether oxygens (including phenoxy) is 1. The van der Waals surface area contributed by atoms with Gasteiger partial charge in [0.05, 0.1) is 23.2 Å². The number of carbonyl (C=O) groups is 1. The number of hydrogen-bond acceptors (Lipinski definition) is 4. The first kappa shape index (κ1) is 19.5. The van der Waals surface area contributed by atoms with E-state index in [1.165, 1.54) is 6.21 Å². The Morgan fingerprint density at radius 3 is 2.70 bits per heavy atom. The molecule has 2 N–H and O–H groups in total. The summed E-state index contributed by atoms with van der Waals surface area (Å²) in [5.74, 6) is 0.968. The molecule has 0 spiro atoms. The molecular formula is C24H22N4O2. The normalized spacial score (nSPS) is 14.3. The Kier molecular flexibility index (Phi) is 5.11. The summed E-state index contributed by atoms with van der Waals surface area (Å²) in [6.45, 7) is 4.84. The standard InChI is InChI=1S/C24H22N4O2/c1-15-5-3-7-19-18(15)6-4-8-21(19)30-22(9-10-25)23-16(2)20(12-27-23)24(29)28-13-17(11-26)14-28/h3-10,12,17,25,27H,13-14H2,1-2H3/b22-9+,25-10?. The van der Waals surface area contributed by atoms with E-state index in [0.29, 0.717) is 35.9 Å². The monoisotopic (exact) mass is 398 g/mol. The molecule has 1 aromatic heterocycles. The first-order chi connectivity index (χ1) is 14.5. The van der Waals surface area contributed by atoms with Gasteiger partial charge in [-0.15, -0.1) is 0 Å².